The topological polar surface area (TPSA) is 93.5 Å². The summed E-state index contributed by atoms with van der Waals surface area (Å²) < 4.78 is 11.1. The van der Waals surface area contributed by atoms with E-state index in [0.717, 1.165) is 0 Å². The fraction of sp³-hybridized carbons (Fsp3) is 0.292. The maximum atomic E-state index is 12.8. The molecule has 0 atom stereocenters. The van der Waals surface area contributed by atoms with Gasteiger partial charge in [0.1, 0.15) is 0 Å². The number of benzene rings is 1. The van der Waals surface area contributed by atoms with Crippen LogP contribution in [0.25, 0.3) is 0 Å². The van der Waals surface area contributed by atoms with Gasteiger partial charge in [-0.15, -0.1) is 0 Å². The second kappa shape index (κ2) is 9.93. The number of rotatable bonds is 7. The number of hydrogen-bond acceptors (Lipinski definition) is 5. The van der Waals surface area contributed by atoms with Crippen LogP contribution in [0, 0.1) is 5.92 Å². The molecule has 0 radical (unpaired) electrons. The molecular weight excluding hydrogens is 394 g/mol. The molecule has 1 aromatic carbocycles. The quantitative estimate of drug-likeness (QED) is 0.553. The number of hydrogen-bond donors (Lipinski definition) is 2. The van der Waals surface area contributed by atoms with E-state index in [1.807, 2.05) is 6.07 Å². The van der Waals surface area contributed by atoms with Crippen LogP contribution in [-0.4, -0.2) is 23.4 Å². The zero-order valence-corrected chi connectivity index (χ0v) is 17.2. The molecule has 1 fully saturated rings. The lowest BCUT2D eigenvalue weighted by molar-refractivity contribution is 0.0993. The van der Waals surface area contributed by atoms with Crippen molar-refractivity contribution in [2.24, 2.45) is 5.92 Å². The largest absolute Gasteiger partial charge is 0.489 e. The van der Waals surface area contributed by atoms with E-state index in [2.05, 4.69) is 15.6 Å². The van der Waals surface area contributed by atoms with Gasteiger partial charge in [-0.3, -0.25) is 9.59 Å². The summed E-state index contributed by atoms with van der Waals surface area (Å²) in [6, 6.07) is 13.5. The number of carbonyl (C=O) groups excluding carboxylic acids is 2. The molecule has 2 amide bonds. The molecule has 1 saturated carbocycles. The molecule has 0 saturated heterocycles. The Balaban J connectivity index is 1.40. The van der Waals surface area contributed by atoms with Crippen LogP contribution in [0.4, 0.5) is 11.5 Å². The van der Waals surface area contributed by atoms with E-state index in [1.54, 1.807) is 48.7 Å². The van der Waals surface area contributed by atoms with Gasteiger partial charge in [-0.25, -0.2) is 4.98 Å². The zero-order chi connectivity index (χ0) is 21.5. The van der Waals surface area contributed by atoms with Crippen LogP contribution >= 0.6 is 0 Å². The lowest BCUT2D eigenvalue weighted by Crippen LogP contribution is -2.18. The van der Waals surface area contributed by atoms with Gasteiger partial charge >= 0.3 is 0 Å². The average molecular weight is 419 g/mol. The van der Waals surface area contributed by atoms with E-state index in [4.69, 9.17) is 9.15 Å². The summed E-state index contributed by atoms with van der Waals surface area (Å²) >= 11 is 0. The first-order chi connectivity index (χ1) is 15.2. The Bertz CT molecular complexity index is 1030. The Kier molecular flexibility index (Phi) is 6.62. The molecular formula is C24H25N3O4. The molecule has 0 bridgehead atoms. The molecule has 0 unspecified atom stereocenters. The molecule has 31 heavy (non-hydrogen) atoms. The molecule has 7 nitrogen and oxygen atoms in total. The van der Waals surface area contributed by atoms with Gasteiger partial charge in [0.2, 0.25) is 0 Å². The van der Waals surface area contributed by atoms with Crippen molar-refractivity contribution in [3.8, 4) is 5.75 Å². The molecule has 3 aromatic rings. The summed E-state index contributed by atoms with van der Waals surface area (Å²) in [4.78, 5) is 29.2. The minimum Gasteiger partial charge on any atom is -0.489 e. The summed E-state index contributed by atoms with van der Waals surface area (Å²) in [6.07, 6.45) is 9.19. The first kappa shape index (κ1) is 20.7. The lowest BCUT2D eigenvalue weighted by atomic mass is 9.90. The van der Waals surface area contributed by atoms with Gasteiger partial charge in [-0.1, -0.05) is 25.3 Å². The number of nitrogens with zero attached hydrogens (tertiary/aromatic N) is 1. The third-order valence-corrected chi connectivity index (χ3v) is 5.33. The molecule has 7 heteroatoms. The van der Waals surface area contributed by atoms with Gasteiger partial charge in [0.05, 0.1) is 12.9 Å². The van der Waals surface area contributed by atoms with Crippen molar-refractivity contribution >= 4 is 23.3 Å². The fourth-order valence-corrected chi connectivity index (χ4v) is 3.68. The summed E-state index contributed by atoms with van der Waals surface area (Å²) in [7, 11) is 0. The number of furan rings is 1. The molecule has 1 aliphatic rings. The fourth-order valence-electron chi connectivity index (χ4n) is 3.68. The number of pyridine rings is 1. The third kappa shape index (κ3) is 5.51. The normalized spacial score (nSPS) is 14.1. The van der Waals surface area contributed by atoms with Gasteiger partial charge in [-0.05, 0) is 61.2 Å². The molecule has 2 aromatic heterocycles. The van der Waals surface area contributed by atoms with Crippen LogP contribution in [0.15, 0.2) is 65.4 Å². The predicted octanol–water partition coefficient (Wildman–Crippen LogP) is 5.14. The van der Waals surface area contributed by atoms with Crippen molar-refractivity contribution in [2.45, 2.75) is 32.1 Å². The Hall–Kier alpha value is -3.61. The number of ether oxygens (including phenoxy) is 1. The van der Waals surface area contributed by atoms with E-state index in [0.29, 0.717) is 35.3 Å². The van der Waals surface area contributed by atoms with Gasteiger partial charge in [0.15, 0.2) is 17.3 Å². The smallest absolute Gasteiger partial charge is 0.291 e. The number of aromatic nitrogens is 1. The van der Waals surface area contributed by atoms with Crippen molar-refractivity contribution in [1.82, 2.24) is 4.98 Å². The second-order valence-corrected chi connectivity index (χ2v) is 7.63. The van der Waals surface area contributed by atoms with Gasteiger partial charge in [-0.2, -0.15) is 0 Å². The summed E-state index contributed by atoms with van der Waals surface area (Å²) in [6.45, 7) is 0.628. The van der Waals surface area contributed by atoms with E-state index in [9.17, 15) is 9.59 Å². The number of anilines is 2. The van der Waals surface area contributed by atoms with Crippen LogP contribution in [-0.2, 0) is 0 Å². The highest BCUT2D eigenvalue weighted by Crippen LogP contribution is 2.27. The Morgan fingerprint density at radius 2 is 1.87 bits per heavy atom. The van der Waals surface area contributed by atoms with Gasteiger partial charge < -0.3 is 19.8 Å². The van der Waals surface area contributed by atoms with Crippen LogP contribution in [0.5, 0.6) is 5.75 Å². The lowest BCUT2D eigenvalue weighted by Gasteiger charge is -2.22. The van der Waals surface area contributed by atoms with Crippen LogP contribution in [0.2, 0.25) is 0 Å². The maximum Gasteiger partial charge on any atom is 0.291 e. The first-order valence-electron chi connectivity index (χ1n) is 10.5. The Labute approximate surface area is 180 Å². The highest BCUT2D eigenvalue weighted by Gasteiger charge is 2.17. The summed E-state index contributed by atoms with van der Waals surface area (Å²) in [5, 5.41) is 5.53. The number of amides is 2. The molecule has 4 rings (SSSR count). The van der Waals surface area contributed by atoms with Gasteiger partial charge in [0.25, 0.3) is 11.8 Å². The second-order valence-electron chi connectivity index (χ2n) is 7.63. The van der Waals surface area contributed by atoms with Crippen molar-refractivity contribution < 1.29 is 18.7 Å². The van der Waals surface area contributed by atoms with Crippen LogP contribution in [0.3, 0.4) is 0 Å². The van der Waals surface area contributed by atoms with Crippen molar-refractivity contribution in [3.05, 3.63) is 72.3 Å². The van der Waals surface area contributed by atoms with Gasteiger partial charge in [0, 0.05) is 17.4 Å². The van der Waals surface area contributed by atoms with Crippen LogP contribution in [0.1, 0.15) is 53.0 Å². The van der Waals surface area contributed by atoms with E-state index in [-0.39, 0.29) is 17.6 Å². The highest BCUT2D eigenvalue weighted by atomic mass is 16.5. The predicted molar refractivity (Wildman–Crippen MR) is 117 cm³/mol. The minimum absolute atomic E-state index is 0.197. The number of nitrogens with one attached hydrogen (secondary N) is 2. The van der Waals surface area contributed by atoms with Crippen LogP contribution < -0.4 is 15.4 Å². The zero-order valence-electron chi connectivity index (χ0n) is 17.2. The van der Waals surface area contributed by atoms with E-state index >= 15 is 0 Å². The van der Waals surface area contributed by atoms with Crippen molar-refractivity contribution in [1.29, 1.82) is 0 Å². The summed E-state index contributed by atoms with van der Waals surface area (Å²) in [5.41, 5.74) is 0.880. The monoisotopic (exact) mass is 419 g/mol. The molecule has 1 aliphatic carbocycles. The molecule has 2 heterocycles. The maximum absolute atomic E-state index is 12.8. The summed E-state index contributed by atoms with van der Waals surface area (Å²) in [5.74, 6) is 0.966. The minimum atomic E-state index is -0.384. The van der Waals surface area contributed by atoms with E-state index in [1.165, 1.54) is 38.4 Å². The molecule has 160 valence electrons. The molecule has 0 aliphatic heterocycles. The SMILES string of the molecule is O=C(Nc1ncccc1OCC1CCCCC1)c1cccc(NC(=O)c2ccco2)c1. The third-order valence-electron chi connectivity index (χ3n) is 5.33. The highest BCUT2D eigenvalue weighted by molar-refractivity contribution is 6.06. The average Bonchev–Trinajstić information content (AvgIpc) is 3.35. The van der Waals surface area contributed by atoms with Crippen molar-refractivity contribution in [2.75, 3.05) is 17.2 Å². The molecule has 0 spiro atoms. The van der Waals surface area contributed by atoms with E-state index < -0.39 is 0 Å². The standard InChI is InChI=1S/C24H25N3O4/c28-23(18-9-4-10-19(15-18)26-24(29)21-12-6-14-30-21)27-22-20(11-5-13-25-22)31-16-17-7-2-1-3-8-17/h4-6,9-15,17H,1-3,7-8,16H2,(H,26,29)(H,25,27,28). The first-order valence-corrected chi connectivity index (χ1v) is 10.5. The Morgan fingerprint density at radius 1 is 1.00 bits per heavy atom. The Morgan fingerprint density at radius 3 is 2.68 bits per heavy atom. The number of carbonyl (C=O) groups is 2. The van der Waals surface area contributed by atoms with Crippen molar-refractivity contribution in [3.63, 3.8) is 0 Å². The molecule has 2 N–H and O–H groups in total.